The van der Waals surface area contributed by atoms with Crippen molar-refractivity contribution in [3.8, 4) is 56.0 Å². The Labute approximate surface area is 357 Å². The molecule has 0 atom stereocenters. The lowest BCUT2D eigenvalue weighted by Crippen LogP contribution is -2.09. The molecule has 1 aliphatic rings. The zero-order chi connectivity index (χ0) is 40.5. The molecule has 0 saturated heterocycles. The molecule has 0 fully saturated rings. The number of nitrogens with zero attached hydrogens (tertiary/aromatic N) is 1. The van der Waals surface area contributed by atoms with Gasteiger partial charge in [0.05, 0.1) is 0 Å². The van der Waals surface area contributed by atoms with Gasteiger partial charge in [0.25, 0.3) is 0 Å². The maximum atomic E-state index is 7.10. The van der Waals surface area contributed by atoms with Gasteiger partial charge in [0.2, 0.25) is 0 Å². The summed E-state index contributed by atoms with van der Waals surface area (Å²) in [7, 11) is 0. The van der Waals surface area contributed by atoms with Crippen LogP contribution in [0.3, 0.4) is 0 Å². The lowest BCUT2D eigenvalue weighted by molar-refractivity contribution is 0.488. The minimum Gasteiger partial charge on any atom is -0.455 e. The third-order valence-corrected chi connectivity index (χ3v) is 12.0. The highest BCUT2D eigenvalue weighted by atomic mass is 16.5. The second kappa shape index (κ2) is 15.7. The topological polar surface area (TPSA) is 12.5 Å². The molecule has 10 aromatic rings. The van der Waals surface area contributed by atoms with Crippen molar-refractivity contribution in [3.05, 3.63) is 259 Å². The lowest BCUT2D eigenvalue weighted by atomic mass is 9.83. The van der Waals surface area contributed by atoms with Gasteiger partial charge in [0, 0.05) is 39.5 Å². The number of ether oxygens (including phenoxy) is 1. The lowest BCUT2D eigenvalue weighted by Gasteiger charge is -2.27. The van der Waals surface area contributed by atoms with E-state index in [-0.39, 0.29) is 5.92 Å². The van der Waals surface area contributed by atoms with E-state index in [0.717, 1.165) is 50.6 Å². The summed E-state index contributed by atoms with van der Waals surface area (Å²) in [6.45, 7) is 0. The molecule has 0 amide bonds. The van der Waals surface area contributed by atoms with E-state index >= 15 is 0 Å². The standard InChI is InChI=1S/C59H41NO/c1-5-15-41(16-6-1)43-27-33-50(34-28-43)60(51-35-29-44(30-36-51)42-17-7-2-8-18-42)52-37-31-45(32-38-52)53-24-14-26-55-54-25-13-23-48-39-49(40-56(58(48)54)61-59(53)55)57(46-19-9-3-10-20-46)47-21-11-4-12-22-47/h1-40,57H. The summed E-state index contributed by atoms with van der Waals surface area (Å²) in [5.41, 5.74) is 16.2. The van der Waals surface area contributed by atoms with E-state index in [0.29, 0.717) is 0 Å². The summed E-state index contributed by atoms with van der Waals surface area (Å²) in [6, 6.07) is 87.1. The quantitative estimate of drug-likeness (QED) is 0.135. The SMILES string of the molecule is c1ccc(-c2ccc(N(c3ccc(-c4ccccc4)cc3)c3ccc(-c4cccc5c4Oc4cc(C(c6ccccc6)c6ccccc6)cc6cccc-5c46)cc3)cc2)cc1. The van der Waals surface area contributed by atoms with E-state index in [9.17, 15) is 0 Å². The predicted molar refractivity (Wildman–Crippen MR) is 254 cm³/mol. The molecule has 11 rings (SSSR count). The van der Waals surface area contributed by atoms with Crippen LogP contribution >= 0.6 is 0 Å². The molecule has 0 radical (unpaired) electrons. The molecule has 0 saturated carbocycles. The smallest absolute Gasteiger partial charge is 0.143 e. The summed E-state index contributed by atoms with van der Waals surface area (Å²) in [5, 5.41) is 2.33. The van der Waals surface area contributed by atoms with Crippen molar-refractivity contribution in [2.45, 2.75) is 5.92 Å². The molecule has 2 heteroatoms. The first-order chi connectivity index (χ1) is 30.2. The van der Waals surface area contributed by atoms with Crippen LogP contribution < -0.4 is 9.64 Å². The summed E-state index contributed by atoms with van der Waals surface area (Å²) < 4.78 is 7.10. The van der Waals surface area contributed by atoms with Crippen molar-refractivity contribution in [1.29, 1.82) is 0 Å². The molecule has 0 unspecified atom stereocenters. The molecule has 0 N–H and O–H groups in total. The van der Waals surface area contributed by atoms with Crippen LogP contribution in [0, 0.1) is 0 Å². The molecular formula is C59H41NO. The highest BCUT2D eigenvalue weighted by Gasteiger charge is 2.26. The molecule has 0 aliphatic carbocycles. The van der Waals surface area contributed by atoms with E-state index in [2.05, 4.69) is 248 Å². The predicted octanol–water partition coefficient (Wildman–Crippen LogP) is 16.3. The molecule has 2 nitrogen and oxygen atoms in total. The fourth-order valence-electron chi connectivity index (χ4n) is 9.05. The maximum Gasteiger partial charge on any atom is 0.143 e. The fraction of sp³-hybridized carbons (Fsp3) is 0.0169. The van der Waals surface area contributed by atoms with Crippen molar-refractivity contribution >= 4 is 27.8 Å². The van der Waals surface area contributed by atoms with Crippen LogP contribution in [0.25, 0.3) is 55.3 Å². The first-order valence-corrected chi connectivity index (χ1v) is 20.9. The number of benzene rings is 10. The van der Waals surface area contributed by atoms with Gasteiger partial charge in [-0.25, -0.2) is 0 Å². The first kappa shape index (κ1) is 36.2. The van der Waals surface area contributed by atoms with Gasteiger partial charge in [-0.15, -0.1) is 0 Å². The second-order valence-electron chi connectivity index (χ2n) is 15.7. The number of rotatable bonds is 9. The summed E-state index contributed by atoms with van der Waals surface area (Å²) in [4.78, 5) is 2.33. The molecule has 0 aromatic heterocycles. The fourth-order valence-corrected chi connectivity index (χ4v) is 9.05. The van der Waals surface area contributed by atoms with Crippen molar-refractivity contribution in [1.82, 2.24) is 0 Å². The number of hydrogen-bond donors (Lipinski definition) is 0. The van der Waals surface area contributed by atoms with Crippen LogP contribution in [0.4, 0.5) is 17.1 Å². The van der Waals surface area contributed by atoms with Crippen molar-refractivity contribution in [2.75, 3.05) is 4.90 Å². The van der Waals surface area contributed by atoms with Gasteiger partial charge in [0.15, 0.2) is 0 Å². The molecule has 61 heavy (non-hydrogen) atoms. The largest absolute Gasteiger partial charge is 0.455 e. The van der Waals surface area contributed by atoms with E-state index in [4.69, 9.17) is 4.74 Å². The molecular weight excluding hydrogens is 739 g/mol. The molecule has 0 spiro atoms. The normalized spacial score (nSPS) is 11.6. The van der Waals surface area contributed by atoms with E-state index in [1.807, 2.05) is 0 Å². The minimum atomic E-state index is 0.0616. The van der Waals surface area contributed by atoms with Crippen molar-refractivity contribution < 1.29 is 4.74 Å². The van der Waals surface area contributed by atoms with Gasteiger partial charge >= 0.3 is 0 Å². The summed E-state index contributed by atoms with van der Waals surface area (Å²) in [5.74, 6) is 1.83. The number of hydrogen-bond acceptors (Lipinski definition) is 2. The molecule has 1 heterocycles. The zero-order valence-corrected chi connectivity index (χ0v) is 33.5. The minimum absolute atomic E-state index is 0.0616. The Kier molecular flexibility index (Phi) is 9.29. The maximum absolute atomic E-state index is 7.10. The Bertz CT molecular complexity index is 2990. The van der Waals surface area contributed by atoms with Crippen molar-refractivity contribution in [3.63, 3.8) is 0 Å². The van der Waals surface area contributed by atoms with Gasteiger partial charge in [-0.05, 0) is 104 Å². The van der Waals surface area contributed by atoms with Crippen LogP contribution in [0.5, 0.6) is 11.5 Å². The van der Waals surface area contributed by atoms with Crippen LogP contribution in [0.2, 0.25) is 0 Å². The highest BCUT2D eigenvalue weighted by molar-refractivity contribution is 6.06. The monoisotopic (exact) mass is 779 g/mol. The second-order valence-corrected chi connectivity index (χ2v) is 15.7. The average molecular weight is 780 g/mol. The summed E-state index contributed by atoms with van der Waals surface area (Å²) in [6.07, 6.45) is 0. The number of fused-ring (bicyclic) bond motifs is 2. The molecule has 0 bridgehead atoms. The number of para-hydroxylation sites is 1. The Balaban J connectivity index is 0.976. The molecule has 1 aliphatic heterocycles. The Morgan fingerprint density at radius 1 is 0.311 bits per heavy atom. The van der Waals surface area contributed by atoms with E-state index in [1.165, 1.54) is 49.9 Å². The molecule has 288 valence electrons. The van der Waals surface area contributed by atoms with Crippen LogP contribution in [0.15, 0.2) is 243 Å². The average Bonchev–Trinajstić information content (AvgIpc) is 3.34. The van der Waals surface area contributed by atoms with Crippen LogP contribution in [-0.2, 0) is 0 Å². The van der Waals surface area contributed by atoms with E-state index < -0.39 is 0 Å². The van der Waals surface area contributed by atoms with Crippen LogP contribution in [-0.4, -0.2) is 0 Å². The van der Waals surface area contributed by atoms with Crippen LogP contribution in [0.1, 0.15) is 22.6 Å². The third-order valence-electron chi connectivity index (χ3n) is 12.0. The summed E-state index contributed by atoms with van der Waals surface area (Å²) >= 11 is 0. The Hall–Kier alpha value is -7.94. The van der Waals surface area contributed by atoms with Gasteiger partial charge in [-0.3, -0.25) is 0 Å². The van der Waals surface area contributed by atoms with Gasteiger partial charge < -0.3 is 9.64 Å². The first-order valence-electron chi connectivity index (χ1n) is 20.9. The van der Waals surface area contributed by atoms with Gasteiger partial charge in [-0.1, -0.05) is 194 Å². The Morgan fingerprint density at radius 3 is 1.26 bits per heavy atom. The van der Waals surface area contributed by atoms with Crippen molar-refractivity contribution in [2.24, 2.45) is 0 Å². The molecule has 10 aromatic carbocycles. The number of anilines is 3. The van der Waals surface area contributed by atoms with Gasteiger partial charge in [-0.2, -0.15) is 0 Å². The Morgan fingerprint density at radius 2 is 0.738 bits per heavy atom. The highest BCUT2D eigenvalue weighted by Crippen LogP contribution is 2.52. The van der Waals surface area contributed by atoms with Gasteiger partial charge in [0.1, 0.15) is 11.5 Å². The third kappa shape index (κ3) is 6.84. The van der Waals surface area contributed by atoms with E-state index in [1.54, 1.807) is 0 Å². The zero-order valence-electron chi connectivity index (χ0n) is 33.5.